The summed E-state index contributed by atoms with van der Waals surface area (Å²) in [4.78, 5) is 10.4. The molecule has 4 heteroatoms. The molecule has 1 aromatic rings. The average molecular weight is 182 g/mol. The van der Waals surface area contributed by atoms with Crippen molar-refractivity contribution in [3.63, 3.8) is 0 Å². The molecule has 0 bridgehead atoms. The zero-order valence-electron chi connectivity index (χ0n) is 6.97. The van der Waals surface area contributed by atoms with E-state index in [4.69, 9.17) is 15.9 Å². The van der Waals surface area contributed by atoms with Gasteiger partial charge in [-0.2, -0.15) is 0 Å². The van der Waals surface area contributed by atoms with Gasteiger partial charge in [0.15, 0.2) is 0 Å². The Balaban J connectivity index is 2.64. The first-order valence-corrected chi connectivity index (χ1v) is 3.86. The summed E-state index contributed by atoms with van der Waals surface area (Å²) in [5, 5.41) is 17.5. The molecule has 0 saturated heterocycles. The number of phenolic OH excluding ortho intramolecular Hbond substituents is 1. The molecule has 4 N–H and O–H groups in total. The monoisotopic (exact) mass is 182 g/mol. The van der Waals surface area contributed by atoms with E-state index in [2.05, 4.69) is 0 Å². The summed E-state index contributed by atoms with van der Waals surface area (Å²) in [6.07, 6.45) is 0.273. The van der Waals surface area contributed by atoms with Crippen molar-refractivity contribution in [3.05, 3.63) is 29.8 Å². The summed E-state index contributed by atoms with van der Waals surface area (Å²) < 4.78 is 0. The van der Waals surface area contributed by atoms with Crippen molar-refractivity contribution in [2.24, 2.45) is 5.73 Å². The minimum absolute atomic E-state index is 0.160. The van der Waals surface area contributed by atoms with Crippen LogP contribution in [0, 0.1) is 0 Å². The average Bonchev–Trinajstić information content (AvgIpc) is 2.08. The lowest BCUT2D eigenvalue weighted by Gasteiger charge is -2.05. The van der Waals surface area contributed by atoms with Crippen LogP contribution in [0.1, 0.15) is 5.56 Å². The summed E-state index contributed by atoms with van der Waals surface area (Å²) in [6, 6.07) is 5.42. The molecule has 0 amide bonds. The smallest absolute Gasteiger partial charge is 0.320 e. The van der Waals surface area contributed by atoms with Crippen LogP contribution in [0.4, 0.5) is 0 Å². The number of carboxylic acid groups (broad SMARTS) is 1. The minimum atomic E-state index is -1.02. The van der Waals surface area contributed by atoms with Gasteiger partial charge in [0.1, 0.15) is 11.8 Å². The van der Waals surface area contributed by atoms with Crippen molar-refractivity contribution < 1.29 is 15.0 Å². The fourth-order valence-corrected chi connectivity index (χ4v) is 0.973. The van der Waals surface area contributed by atoms with E-state index in [1.165, 1.54) is 12.1 Å². The van der Waals surface area contributed by atoms with E-state index in [-0.39, 0.29) is 12.2 Å². The van der Waals surface area contributed by atoms with Crippen LogP contribution < -0.4 is 5.73 Å². The van der Waals surface area contributed by atoms with Crippen LogP contribution >= 0.6 is 0 Å². The Bertz CT molecular complexity index is 294. The number of rotatable bonds is 3. The third kappa shape index (κ3) is 2.76. The predicted molar refractivity (Wildman–Crippen MR) is 47.4 cm³/mol. The maximum Gasteiger partial charge on any atom is 0.320 e. The Morgan fingerprint density at radius 1 is 1.38 bits per heavy atom. The fourth-order valence-electron chi connectivity index (χ4n) is 0.973. The largest absolute Gasteiger partial charge is 0.508 e. The number of carbonyl (C=O) groups is 1. The predicted octanol–water partition coefficient (Wildman–Crippen LogP) is 0.347. The molecule has 0 fully saturated rings. The van der Waals surface area contributed by atoms with Gasteiger partial charge in [-0.15, -0.1) is 0 Å². The maximum atomic E-state index is 10.4. The molecule has 0 spiro atoms. The number of aliphatic carboxylic acids is 1. The van der Waals surface area contributed by atoms with Crippen LogP contribution in [0.25, 0.3) is 0 Å². The number of phenols is 1. The highest BCUT2D eigenvalue weighted by molar-refractivity contribution is 5.73. The quantitative estimate of drug-likeness (QED) is 0.589. The van der Waals surface area contributed by atoms with E-state index in [0.717, 1.165) is 5.56 Å². The SMILES string of the molecule is [15NH2]C(Cc1ccc(O)cc1)C(=O)O. The topological polar surface area (TPSA) is 83.5 Å². The highest BCUT2D eigenvalue weighted by Crippen LogP contribution is 2.10. The van der Waals surface area contributed by atoms with Gasteiger partial charge < -0.3 is 15.9 Å². The first-order valence-electron chi connectivity index (χ1n) is 3.86. The van der Waals surface area contributed by atoms with Crippen molar-refractivity contribution in [1.29, 1.82) is 0 Å². The molecule has 1 aromatic carbocycles. The number of carboxylic acids is 1. The molecular formula is C9H11NO3. The highest BCUT2D eigenvalue weighted by atomic mass is 16.4. The molecular weight excluding hydrogens is 171 g/mol. The standard InChI is InChI=1S/C9H11NO3/c10-8(9(12)13)5-6-1-3-7(11)4-2-6/h1-4,8,11H,5,10H2,(H,12,13)/i10+1. The first-order chi connectivity index (χ1) is 6.09. The van der Waals surface area contributed by atoms with Gasteiger partial charge in [-0.1, -0.05) is 12.1 Å². The lowest BCUT2D eigenvalue weighted by Crippen LogP contribution is -2.32. The van der Waals surface area contributed by atoms with Gasteiger partial charge in [0.25, 0.3) is 0 Å². The third-order valence-electron chi connectivity index (χ3n) is 1.71. The number of aromatic hydroxyl groups is 1. The van der Waals surface area contributed by atoms with Crippen LogP contribution in [0.3, 0.4) is 0 Å². The summed E-state index contributed by atoms with van der Waals surface area (Å²) in [5.74, 6) is -0.860. The second-order valence-corrected chi connectivity index (χ2v) is 2.82. The summed E-state index contributed by atoms with van der Waals surface area (Å²) in [6.45, 7) is 0. The Labute approximate surface area is 75.6 Å². The fraction of sp³-hybridized carbons (Fsp3) is 0.222. The maximum absolute atomic E-state index is 10.4. The summed E-state index contributed by atoms with van der Waals surface area (Å²) in [7, 11) is 0. The molecule has 0 aliphatic heterocycles. The van der Waals surface area contributed by atoms with E-state index in [0.29, 0.717) is 0 Å². The number of nitrogens with two attached hydrogens (primary N) is 1. The minimum Gasteiger partial charge on any atom is -0.508 e. The van der Waals surface area contributed by atoms with Crippen molar-refractivity contribution in [2.75, 3.05) is 0 Å². The van der Waals surface area contributed by atoms with Crippen LogP contribution in [-0.2, 0) is 11.2 Å². The number of benzene rings is 1. The molecule has 4 nitrogen and oxygen atoms in total. The Morgan fingerprint density at radius 2 is 1.92 bits per heavy atom. The van der Waals surface area contributed by atoms with Crippen molar-refractivity contribution in [1.82, 2.24) is 0 Å². The molecule has 0 radical (unpaired) electrons. The van der Waals surface area contributed by atoms with Crippen molar-refractivity contribution >= 4 is 5.97 Å². The lowest BCUT2D eigenvalue weighted by molar-refractivity contribution is -0.138. The van der Waals surface area contributed by atoms with Gasteiger partial charge in [0, 0.05) is 0 Å². The van der Waals surface area contributed by atoms with Crippen molar-refractivity contribution in [3.8, 4) is 5.75 Å². The summed E-state index contributed by atoms with van der Waals surface area (Å²) in [5.41, 5.74) is 6.12. The molecule has 0 saturated carbocycles. The Morgan fingerprint density at radius 3 is 2.38 bits per heavy atom. The molecule has 1 unspecified atom stereocenters. The van der Waals surface area contributed by atoms with E-state index >= 15 is 0 Å². The number of hydrogen-bond donors (Lipinski definition) is 3. The molecule has 0 heterocycles. The lowest BCUT2D eigenvalue weighted by atomic mass is 10.1. The van der Waals surface area contributed by atoms with Gasteiger partial charge in [-0.25, -0.2) is 0 Å². The van der Waals surface area contributed by atoms with E-state index in [9.17, 15) is 4.79 Å². The molecule has 1 atom stereocenters. The normalized spacial score (nSPS) is 12.4. The second kappa shape index (κ2) is 3.91. The number of hydrogen-bond acceptors (Lipinski definition) is 3. The van der Waals surface area contributed by atoms with Crippen LogP contribution in [0.2, 0.25) is 0 Å². The van der Waals surface area contributed by atoms with Gasteiger partial charge in [0.05, 0.1) is 0 Å². The zero-order chi connectivity index (χ0) is 9.84. The Hall–Kier alpha value is -1.55. The highest BCUT2D eigenvalue weighted by Gasteiger charge is 2.11. The van der Waals surface area contributed by atoms with Gasteiger partial charge >= 0.3 is 5.97 Å². The first kappa shape index (κ1) is 9.54. The van der Waals surface area contributed by atoms with Gasteiger partial charge in [0.2, 0.25) is 0 Å². The van der Waals surface area contributed by atoms with Crippen LogP contribution in [0.5, 0.6) is 5.75 Å². The molecule has 1 rings (SSSR count). The second-order valence-electron chi connectivity index (χ2n) is 2.82. The molecule has 0 aliphatic rings. The Kier molecular flexibility index (Phi) is 2.87. The zero-order valence-corrected chi connectivity index (χ0v) is 6.97. The molecule has 13 heavy (non-hydrogen) atoms. The molecule has 0 aromatic heterocycles. The molecule has 0 aliphatic carbocycles. The third-order valence-corrected chi connectivity index (χ3v) is 1.71. The van der Waals surface area contributed by atoms with Gasteiger partial charge in [-0.3, -0.25) is 4.79 Å². The van der Waals surface area contributed by atoms with Gasteiger partial charge in [-0.05, 0) is 24.1 Å². The van der Waals surface area contributed by atoms with E-state index in [1.807, 2.05) is 0 Å². The van der Waals surface area contributed by atoms with E-state index in [1.54, 1.807) is 12.1 Å². The summed E-state index contributed by atoms with van der Waals surface area (Å²) >= 11 is 0. The van der Waals surface area contributed by atoms with E-state index < -0.39 is 12.0 Å². The molecule has 70 valence electrons. The van der Waals surface area contributed by atoms with Crippen LogP contribution in [-0.4, -0.2) is 22.2 Å². The van der Waals surface area contributed by atoms with Crippen molar-refractivity contribution in [2.45, 2.75) is 12.5 Å². The van der Waals surface area contributed by atoms with Crippen LogP contribution in [0.15, 0.2) is 24.3 Å².